The predicted molar refractivity (Wildman–Crippen MR) is 114 cm³/mol. The fraction of sp³-hybridized carbons (Fsp3) is 0.381. The molecule has 1 aromatic carbocycles. The molecule has 0 bridgehead atoms. The molecule has 1 fully saturated rings. The van der Waals surface area contributed by atoms with Gasteiger partial charge in [-0.2, -0.15) is 0 Å². The molecule has 0 saturated carbocycles. The van der Waals surface area contributed by atoms with Gasteiger partial charge < -0.3 is 19.7 Å². The molecular formula is C21H24ClN5O3. The molecule has 0 aliphatic carbocycles. The molecule has 3 aromatic rings. The number of carbonyl (C=O) groups is 1. The van der Waals surface area contributed by atoms with Gasteiger partial charge in [0.2, 0.25) is 11.9 Å². The van der Waals surface area contributed by atoms with Gasteiger partial charge in [0.05, 0.1) is 25.2 Å². The van der Waals surface area contributed by atoms with Crippen molar-refractivity contribution in [1.29, 1.82) is 0 Å². The van der Waals surface area contributed by atoms with E-state index in [1.54, 1.807) is 20.3 Å². The summed E-state index contributed by atoms with van der Waals surface area (Å²) in [6.45, 7) is 1.80. The van der Waals surface area contributed by atoms with E-state index in [0.29, 0.717) is 41.2 Å². The second-order valence-corrected chi connectivity index (χ2v) is 7.64. The number of carbonyl (C=O) groups excluding carboxylic acids is 1. The lowest BCUT2D eigenvalue weighted by Crippen LogP contribution is -2.43. The third-order valence-electron chi connectivity index (χ3n) is 5.39. The minimum absolute atomic E-state index is 0.0180. The average molecular weight is 430 g/mol. The molecule has 1 aliphatic rings. The molecule has 3 heterocycles. The van der Waals surface area contributed by atoms with Crippen LogP contribution in [0.15, 0.2) is 36.5 Å². The first-order chi connectivity index (χ1) is 14.6. The Balaban J connectivity index is 1.43. The topological polar surface area (TPSA) is 81.0 Å². The van der Waals surface area contributed by atoms with Crippen LogP contribution in [0.4, 0.5) is 5.95 Å². The molecule has 1 amide bonds. The van der Waals surface area contributed by atoms with Crippen molar-refractivity contribution in [2.75, 3.05) is 32.2 Å². The van der Waals surface area contributed by atoms with E-state index in [1.807, 2.05) is 34.9 Å². The van der Waals surface area contributed by atoms with Crippen LogP contribution in [0.5, 0.6) is 11.5 Å². The van der Waals surface area contributed by atoms with Crippen molar-refractivity contribution in [3.8, 4) is 11.5 Å². The minimum Gasteiger partial charge on any atom is -0.497 e. The number of benzene rings is 1. The van der Waals surface area contributed by atoms with Crippen LogP contribution in [-0.2, 0) is 11.3 Å². The Morgan fingerprint density at radius 2 is 2.13 bits per heavy atom. The second-order valence-electron chi connectivity index (χ2n) is 7.23. The van der Waals surface area contributed by atoms with E-state index in [1.165, 1.54) is 0 Å². The number of piperidine rings is 1. The maximum absolute atomic E-state index is 12.9. The third kappa shape index (κ3) is 4.00. The van der Waals surface area contributed by atoms with Gasteiger partial charge in [-0.25, -0.2) is 0 Å². The number of methoxy groups -OCH3 is 2. The van der Waals surface area contributed by atoms with Crippen LogP contribution in [0.25, 0.3) is 5.65 Å². The van der Waals surface area contributed by atoms with E-state index >= 15 is 0 Å². The number of anilines is 1. The first kappa shape index (κ1) is 20.3. The molecule has 4 rings (SSSR count). The van der Waals surface area contributed by atoms with Gasteiger partial charge in [0.1, 0.15) is 11.5 Å². The van der Waals surface area contributed by atoms with Crippen molar-refractivity contribution in [2.24, 2.45) is 5.92 Å². The lowest BCUT2D eigenvalue weighted by Gasteiger charge is -2.32. The van der Waals surface area contributed by atoms with Crippen LogP contribution in [0.3, 0.4) is 0 Å². The summed E-state index contributed by atoms with van der Waals surface area (Å²) < 4.78 is 12.5. The number of hydrogen-bond donors (Lipinski definition) is 1. The number of aromatic nitrogens is 3. The van der Waals surface area contributed by atoms with E-state index in [2.05, 4.69) is 20.4 Å². The van der Waals surface area contributed by atoms with Gasteiger partial charge in [0.15, 0.2) is 5.65 Å². The zero-order valence-corrected chi connectivity index (χ0v) is 17.7. The first-order valence-corrected chi connectivity index (χ1v) is 10.2. The minimum atomic E-state index is -0.130. The molecule has 0 radical (unpaired) electrons. The largest absolute Gasteiger partial charge is 0.497 e. The monoisotopic (exact) mass is 429 g/mol. The molecule has 0 unspecified atom stereocenters. The lowest BCUT2D eigenvalue weighted by atomic mass is 9.97. The van der Waals surface area contributed by atoms with Gasteiger partial charge in [-0.3, -0.25) is 9.20 Å². The summed E-state index contributed by atoms with van der Waals surface area (Å²) in [5.74, 6) is 2.00. The van der Waals surface area contributed by atoms with Crippen molar-refractivity contribution in [3.05, 3.63) is 47.1 Å². The number of halogens is 1. The van der Waals surface area contributed by atoms with Crippen LogP contribution in [0.2, 0.25) is 5.02 Å². The van der Waals surface area contributed by atoms with E-state index in [0.717, 1.165) is 24.9 Å². The van der Waals surface area contributed by atoms with Gasteiger partial charge in [-0.05, 0) is 37.1 Å². The number of nitrogens with zero attached hydrogens (tertiary/aromatic N) is 4. The zero-order chi connectivity index (χ0) is 21.1. The van der Waals surface area contributed by atoms with Crippen LogP contribution < -0.4 is 19.7 Å². The van der Waals surface area contributed by atoms with E-state index in [9.17, 15) is 4.79 Å². The molecule has 1 saturated heterocycles. The van der Waals surface area contributed by atoms with Crippen LogP contribution in [0, 0.1) is 5.92 Å². The highest BCUT2D eigenvalue weighted by Crippen LogP contribution is 2.26. The summed E-state index contributed by atoms with van der Waals surface area (Å²) >= 11 is 6.21. The molecule has 1 aliphatic heterocycles. The summed E-state index contributed by atoms with van der Waals surface area (Å²) in [7, 11) is 3.21. The summed E-state index contributed by atoms with van der Waals surface area (Å²) in [6.07, 6.45) is 3.62. The average Bonchev–Trinajstić information content (AvgIpc) is 3.23. The van der Waals surface area contributed by atoms with Gasteiger partial charge >= 0.3 is 0 Å². The number of pyridine rings is 1. The molecule has 0 spiro atoms. The van der Waals surface area contributed by atoms with Gasteiger partial charge in [0.25, 0.3) is 0 Å². The zero-order valence-electron chi connectivity index (χ0n) is 17.0. The number of hydrogen-bond acceptors (Lipinski definition) is 6. The third-order valence-corrected chi connectivity index (χ3v) is 5.69. The quantitative estimate of drug-likeness (QED) is 0.648. The summed E-state index contributed by atoms with van der Waals surface area (Å²) in [6, 6.07) is 9.21. The van der Waals surface area contributed by atoms with Gasteiger partial charge in [0, 0.05) is 37.5 Å². The van der Waals surface area contributed by atoms with E-state index in [-0.39, 0.29) is 11.8 Å². The number of nitrogens with one attached hydrogen (secondary N) is 1. The fourth-order valence-corrected chi connectivity index (χ4v) is 3.99. The number of ether oxygens (including phenoxy) is 2. The molecular weight excluding hydrogens is 406 g/mol. The van der Waals surface area contributed by atoms with E-state index in [4.69, 9.17) is 21.1 Å². The standard InChI is InChI=1S/C21H24ClN5O3/c1-29-16-8-7-14(18(11-16)30-2)12-23-20(28)15-5-3-9-26(13-15)21-25-24-19-17(22)6-4-10-27(19)21/h4,6-8,10-11,15H,3,5,9,12-13H2,1-2H3,(H,23,28)/t15-/m0/s1. The fourth-order valence-electron chi connectivity index (χ4n) is 3.78. The highest BCUT2D eigenvalue weighted by molar-refractivity contribution is 6.33. The Labute approximate surface area is 179 Å². The molecule has 30 heavy (non-hydrogen) atoms. The van der Waals surface area contributed by atoms with Crippen molar-refractivity contribution in [1.82, 2.24) is 19.9 Å². The van der Waals surface area contributed by atoms with Crippen molar-refractivity contribution in [2.45, 2.75) is 19.4 Å². The van der Waals surface area contributed by atoms with Crippen LogP contribution in [-0.4, -0.2) is 47.8 Å². The Hall–Kier alpha value is -3.00. The van der Waals surface area contributed by atoms with Gasteiger partial charge in [-0.1, -0.05) is 11.6 Å². The SMILES string of the molecule is COc1ccc(CNC(=O)[C@H]2CCCN(c3nnc4c(Cl)cccn34)C2)c(OC)c1. The van der Waals surface area contributed by atoms with Gasteiger partial charge in [-0.15, -0.1) is 10.2 Å². The number of rotatable bonds is 6. The maximum Gasteiger partial charge on any atom is 0.231 e. The predicted octanol–water partition coefficient (Wildman–Crippen LogP) is 2.93. The summed E-state index contributed by atoms with van der Waals surface area (Å²) in [4.78, 5) is 15.0. The Bertz CT molecular complexity index is 1050. The van der Waals surface area contributed by atoms with Crippen LogP contribution >= 0.6 is 11.6 Å². The normalized spacial score (nSPS) is 16.5. The highest BCUT2D eigenvalue weighted by Gasteiger charge is 2.28. The number of amides is 1. The van der Waals surface area contributed by atoms with Crippen LogP contribution in [0.1, 0.15) is 18.4 Å². The first-order valence-electron chi connectivity index (χ1n) is 9.83. The molecule has 2 aromatic heterocycles. The lowest BCUT2D eigenvalue weighted by molar-refractivity contribution is -0.125. The Kier molecular flexibility index (Phi) is 5.94. The highest BCUT2D eigenvalue weighted by atomic mass is 35.5. The molecule has 8 nitrogen and oxygen atoms in total. The smallest absolute Gasteiger partial charge is 0.231 e. The van der Waals surface area contributed by atoms with Crippen molar-refractivity contribution >= 4 is 29.1 Å². The van der Waals surface area contributed by atoms with E-state index < -0.39 is 0 Å². The Morgan fingerprint density at radius 1 is 1.27 bits per heavy atom. The molecule has 1 N–H and O–H groups in total. The van der Waals surface area contributed by atoms with Crippen molar-refractivity contribution in [3.63, 3.8) is 0 Å². The number of fused-ring (bicyclic) bond motifs is 1. The van der Waals surface area contributed by atoms with Crippen molar-refractivity contribution < 1.29 is 14.3 Å². The molecule has 9 heteroatoms. The second kappa shape index (κ2) is 8.79. The molecule has 158 valence electrons. The maximum atomic E-state index is 12.9. The summed E-state index contributed by atoms with van der Waals surface area (Å²) in [5, 5.41) is 12.1. The Morgan fingerprint density at radius 3 is 2.93 bits per heavy atom. The summed E-state index contributed by atoms with van der Waals surface area (Å²) in [5.41, 5.74) is 1.52. The molecule has 1 atom stereocenters.